The third kappa shape index (κ3) is 4.03. The number of nitrogens with one attached hydrogen (secondary N) is 2. The van der Waals surface area contributed by atoms with E-state index in [0.717, 1.165) is 19.3 Å². The fourth-order valence-electron chi connectivity index (χ4n) is 2.34. The third-order valence-electron chi connectivity index (χ3n) is 3.94. The molecule has 0 atom stereocenters. The van der Waals surface area contributed by atoms with Gasteiger partial charge in [-0.3, -0.25) is 4.79 Å². The van der Waals surface area contributed by atoms with Crippen LogP contribution in [0.4, 0.5) is 17.5 Å². The monoisotopic (exact) mass is 362 g/mol. The Kier molecular flexibility index (Phi) is 4.55. The van der Waals surface area contributed by atoms with Gasteiger partial charge in [0.2, 0.25) is 16.0 Å². The van der Waals surface area contributed by atoms with Crippen molar-refractivity contribution < 1.29 is 13.2 Å². The first-order valence-electron chi connectivity index (χ1n) is 7.66. The first-order chi connectivity index (χ1) is 11.8. The molecule has 0 bridgehead atoms. The van der Waals surface area contributed by atoms with Crippen LogP contribution in [-0.2, 0) is 10.0 Å². The van der Waals surface area contributed by atoms with Gasteiger partial charge in [-0.1, -0.05) is 0 Å². The molecule has 6 N–H and O–H groups in total. The van der Waals surface area contributed by atoms with Crippen molar-refractivity contribution in [3.05, 3.63) is 36.0 Å². The van der Waals surface area contributed by atoms with E-state index in [-0.39, 0.29) is 22.4 Å². The normalized spacial score (nSPS) is 14.6. The number of hydrogen-bond donors (Lipinski definition) is 4. The fraction of sp³-hybridized carbons (Fsp3) is 0.267. The molecule has 1 fully saturated rings. The number of primary amides is 1. The summed E-state index contributed by atoms with van der Waals surface area (Å²) in [4.78, 5) is 19.9. The lowest BCUT2D eigenvalue weighted by atomic mass is 9.93. The van der Waals surface area contributed by atoms with Crippen molar-refractivity contribution in [2.45, 2.75) is 30.2 Å². The fourth-order valence-corrected chi connectivity index (χ4v) is 2.85. The average Bonchev–Trinajstić information content (AvgIpc) is 2.50. The summed E-state index contributed by atoms with van der Waals surface area (Å²) in [6.07, 6.45) is 4.52. The Bertz CT molecular complexity index is 894. The van der Waals surface area contributed by atoms with Gasteiger partial charge in [-0.15, -0.1) is 0 Å². The maximum atomic E-state index is 11.5. The second-order valence-corrected chi connectivity index (χ2v) is 7.35. The molecule has 25 heavy (non-hydrogen) atoms. The molecule has 0 unspecified atom stereocenters. The summed E-state index contributed by atoms with van der Waals surface area (Å²) in [6, 6.07) is 6.12. The molecule has 0 saturated heterocycles. The standard InChI is InChI=1S/C15H18N6O3S/c16-13(22)12-8-18-15(21-14(12)19-9-2-1-3-9)20-10-4-6-11(7-5-10)25(17,23)24/h4-9H,1-3H2,(H2,16,22)(H2,17,23,24)(H2,18,19,20,21). The minimum absolute atomic E-state index is 0.00961. The predicted octanol–water partition coefficient (Wildman–Crippen LogP) is 0.931. The van der Waals surface area contributed by atoms with Gasteiger partial charge in [0.1, 0.15) is 5.82 Å². The van der Waals surface area contributed by atoms with Gasteiger partial charge in [-0.05, 0) is 43.5 Å². The van der Waals surface area contributed by atoms with Gasteiger partial charge < -0.3 is 16.4 Å². The topological polar surface area (TPSA) is 153 Å². The minimum Gasteiger partial charge on any atom is -0.367 e. The number of carbonyl (C=O) groups is 1. The summed E-state index contributed by atoms with van der Waals surface area (Å²) < 4.78 is 22.5. The Balaban J connectivity index is 1.82. The van der Waals surface area contributed by atoms with E-state index in [1.807, 2.05) is 0 Å². The molecular formula is C15H18N6O3S. The van der Waals surface area contributed by atoms with Crippen molar-refractivity contribution in [2.75, 3.05) is 10.6 Å². The van der Waals surface area contributed by atoms with E-state index >= 15 is 0 Å². The number of amides is 1. The molecule has 132 valence electrons. The van der Waals surface area contributed by atoms with E-state index in [9.17, 15) is 13.2 Å². The first kappa shape index (κ1) is 17.1. The van der Waals surface area contributed by atoms with Crippen molar-refractivity contribution >= 4 is 33.4 Å². The summed E-state index contributed by atoms with van der Waals surface area (Å²) in [5.41, 5.74) is 6.16. The van der Waals surface area contributed by atoms with E-state index in [4.69, 9.17) is 10.9 Å². The van der Waals surface area contributed by atoms with Crippen LogP contribution in [0.3, 0.4) is 0 Å². The zero-order valence-electron chi connectivity index (χ0n) is 13.3. The van der Waals surface area contributed by atoms with Crippen molar-refractivity contribution in [3.8, 4) is 0 Å². The van der Waals surface area contributed by atoms with Crippen LogP contribution in [0.1, 0.15) is 29.6 Å². The Hall–Kier alpha value is -2.72. The number of sulfonamides is 1. The Morgan fingerprint density at radius 3 is 2.40 bits per heavy atom. The van der Waals surface area contributed by atoms with Crippen molar-refractivity contribution in [1.29, 1.82) is 0 Å². The van der Waals surface area contributed by atoms with E-state index in [1.54, 1.807) is 12.1 Å². The maximum absolute atomic E-state index is 11.5. The SMILES string of the molecule is NC(=O)c1cnc(Nc2ccc(S(N)(=O)=O)cc2)nc1NC1CCC1. The molecule has 0 aliphatic heterocycles. The summed E-state index contributed by atoms with van der Waals surface area (Å²) in [5, 5.41) is 11.2. The molecule has 1 heterocycles. The predicted molar refractivity (Wildman–Crippen MR) is 92.9 cm³/mol. The second kappa shape index (κ2) is 6.65. The number of primary sulfonamides is 1. The van der Waals surface area contributed by atoms with Crippen LogP contribution in [-0.4, -0.2) is 30.3 Å². The maximum Gasteiger partial charge on any atom is 0.254 e. The van der Waals surface area contributed by atoms with Gasteiger partial charge in [0.05, 0.1) is 10.5 Å². The van der Waals surface area contributed by atoms with Crippen LogP contribution < -0.4 is 21.5 Å². The average molecular weight is 362 g/mol. The molecule has 0 radical (unpaired) electrons. The summed E-state index contributed by atoms with van der Waals surface area (Å²) in [7, 11) is -3.74. The smallest absolute Gasteiger partial charge is 0.254 e. The van der Waals surface area contributed by atoms with Gasteiger partial charge in [-0.2, -0.15) is 4.98 Å². The van der Waals surface area contributed by atoms with Gasteiger partial charge in [0, 0.05) is 17.9 Å². The molecule has 1 aromatic heterocycles. The zero-order valence-corrected chi connectivity index (χ0v) is 14.1. The summed E-state index contributed by atoms with van der Waals surface area (Å²) in [6.45, 7) is 0. The number of carbonyl (C=O) groups excluding carboxylic acids is 1. The van der Waals surface area contributed by atoms with E-state index in [0.29, 0.717) is 11.5 Å². The van der Waals surface area contributed by atoms with Crippen molar-refractivity contribution in [1.82, 2.24) is 9.97 Å². The number of nitrogens with zero attached hydrogens (tertiary/aromatic N) is 2. The number of hydrogen-bond acceptors (Lipinski definition) is 7. The largest absolute Gasteiger partial charge is 0.367 e. The van der Waals surface area contributed by atoms with Gasteiger partial charge in [0.25, 0.3) is 5.91 Å². The molecule has 10 heteroatoms. The quantitative estimate of drug-likeness (QED) is 0.596. The molecule has 1 aliphatic rings. The Morgan fingerprint density at radius 2 is 1.88 bits per heavy atom. The molecule has 1 saturated carbocycles. The van der Waals surface area contributed by atoms with Crippen LogP contribution in [0.2, 0.25) is 0 Å². The molecular weight excluding hydrogens is 344 g/mol. The highest BCUT2D eigenvalue weighted by atomic mass is 32.2. The molecule has 2 aromatic rings. The van der Waals surface area contributed by atoms with Crippen molar-refractivity contribution in [3.63, 3.8) is 0 Å². The van der Waals surface area contributed by atoms with Gasteiger partial charge in [-0.25, -0.2) is 18.5 Å². The Labute approximate surface area is 144 Å². The van der Waals surface area contributed by atoms with Crippen molar-refractivity contribution in [2.24, 2.45) is 10.9 Å². The number of aromatic nitrogens is 2. The Morgan fingerprint density at radius 1 is 1.20 bits per heavy atom. The summed E-state index contributed by atoms with van der Waals surface area (Å²) >= 11 is 0. The zero-order chi connectivity index (χ0) is 18.0. The van der Waals surface area contributed by atoms with Crippen LogP contribution in [0.15, 0.2) is 35.4 Å². The van der Waals surface area contributed by atoms with Gasteiger partial charge >= 0.3 is 0 Å². The number of nitrogens with two attached hydrogens (primary N) is 2. The second-order valence-electron chi connectivity index (χ2n) is 5.79. The van der Waals surface area contributed by atoms with Crippen LogP contribution >= 0.6 is 0 Å². The molecule has 0 spiro atoms. The lowest BCUT2D eigenvalue weighted by molar-refractivity contribution is 0.100. The lowest BCUT2D eigenvalue weighted by Gasteiger charge is -2.27. The van der Waals surface area contributed by atoms with E-state index in [2.05, 4.69) is 20.6 Å². The number of anilines is 3. The number of benzene rings is 1. The van der Waals surface area contributed by atoms with Crippen LogP contribution in [0, 0.1) is 0 Å². The first-order valence-corrected chi connectivity index (χ1v) is 9.21. The van der Waals surface area contributed by atoms with Crippen LogP contribution in [0.25, 0.3) is 0 Å². The highest BCUT2D eigenvalue weighted by Crippen LogP contribution is 2.25. The highest BCUT2D eigenvalue weighted by molar-refractivity contribution is 7.89. The molecule has 9 nitrogen and oxygen atoms in total. The van der Waals surface area contributed by atoms with Gasteiger partial charge in [0.15, 0.2) is 0 Å². The minimum atomic E-state index is -3.74. The highest BCUT2D eigenvalue weighted by Gasteiger charge is 2.21. The molecule has 1 aliphatic carbocycles. The van der Waals surface area contributed by atoms with Crippen LogP contribution in [0.5, 0.6) is 0 Å². The molecule has 1 aromatic carbocycles. The molecule has 1 amide bonds. The third-order valence-corrected chi connectivity index (χ3v) is 4.87. The lowest BCUT2D eigenvalue weighted by Crippen LogP contribution is -2.29. The van der Waals surface area contributed by atoms with E-state index < -0.39 is 15.9 Å². The van der Waals surface area contributed by atoms with E-state index in [1.165, 1.54) is 18.3 Å². The number of rotatable bonds is 6. The summed E-state index contributed by atoms with van der Waals surface area (Å²) in [5.74, 6) is 0.0388. The molecule has 3 rings (SSSR count).